The zero-order chi connectivity index (χ0) is 14.8. The fourth-order valence-electron chi connectivity index (χ4n) is 3.00. The lowest BCUT2D eigenvalue weighted by Gasteiger charge is -2.28. The third-order valence-corrected chi connectivity index (χ3v) is 4.08. The maximum absolute atomic E-state index is 12.6. The monoisotopic (exact) mass is 291 g/mol. The Morgan fingerprint density at radius 3 is 2.95 bits per heavy atom. The highest BCUT2D eigenvalue weighted by Crippen LogP contribution is 2.21. The summed E-state index contributed by atoms with van der Waals surface area (Å²) >= 11 is 0. The summed E-state index contributed by atoms with van der Waals surface area (Å²) in [7, 11) is 0. The summed E-state index contributed by atoms with van der Waals surface area (Å²) in [4.78, 5) is 27.9. The molecule has 1 aromatic rings. The Morgan fingerprint density at radius 2 is 2.19 bits per heavy atom. The quantitative estimate of drug-likeness (QED) is 0.804. The number of nitrogens with zero attached hydrogens (tertiary/aromatic N) is 3. The van der Waals surface area contributed by atoms with E-state index in [1.807, 2.05) is 0 Å². The predicted octanol–water partition coefficient (Wildman–Crippen LogP) is -0.250. The predicted molar refractivity (Wildman–Crippen MR) is 76.8 cm³/mol. The summed E-state index contributed by atoms with van der Waals surface area (Å²) in [6.07, 6.45) is 2.00. The average molecular weight is 291 g/mol. The molecule has 2 amide bonds. The Morgan fingerprint density at radius 1 is 1.33 bits per heavy atom. The second-order valence-corrected chi connectivity index (χ2v) is 5.63. The van der Waals surface area contributed by atoms with Gasteiger partial charge in [-0.25, -0.2) is 0 Å². The third-order valence-electron chi connectivity index (χ3n) is 4.08. The minimum absolute atomic E-state index is 0.105. The van der Waals surface area contributed by atoms with Crippen molar-refractivity contribution in [3.63, 3.8) is 0 Å². The normalized spacial score (nSPS) is 19.3. The molecule has 7 heteroatoms. The molecule has 0 saturated carbocycles. The van der Waals surface area contributed by atoms with Crippen LogP contribution in [0.25, 0.3) is 0 Å². The van der Waals surface area contributed by atoms with Crippen LogP contribution in [0, 0.1) is 0 Å². The molecule has 1 fully saturated rings. The lowest BCUT2D eigenvalue weighted by Crippen LogP contribution is -2.50. The first-order valence-corrected chi connectivity index (χ1v) is 7.53. The van der Waals surface area contributed by atoms with Gasteiger partial charge in [0.25, 0.3) is 5.91 Å². The van der Waals surface area contributed by atoms with Crippen LogP contribution in [0.15, 0.2) is 0 Å². The van der Waals surface area contributed by atoms with Crippen molar-refractivity contribution in [1.82, 2.24) is 25.3 Å². The van der Waals surface area contributed by atoms with E-state index in [2.05, 4.69) is 27.3 Å². The number of piperazine rings is 1. The molecule has 2 N–H and O–H groups in total. The number of hydrogen-bond acceptors (Lipinski definition) is 4. The summed E-state index contributed by atoms with van der Waals surface area (Å²) in [5, 5.41) is 9.94. The first-order valence-electron chi connectivity index (χ1n) is 7.53. The first-order chi connectivity index (χ1) is 10.2. The molecule has 3 heterocycles. The first kappa shape index (κ1) is 14.1. The van der Waals surface area contributed by atoms with Gasteiger partial charge >= 0.3 is 0 Å². The topological polar surface area (TPSA) is 81.3 Å². The zero-order valence-corrected chi connectivity index (χ0v) is 12.3. The number of fused-ring (bicyclic) bond motifs is 1. The number of nitrogens with one attached hydrogen (secondary N) is 2. The number of rotatable bonds is 3. The van der Waals surface area contributed by atoms with Gasteiger partial charge in [-0.3, -0.25) is 19.6 Å². The van der Waals surface area contributed by atoms with Crippen LogP contribution in [0.2, 0.25) is 0 Å². The summed E-state index contributed by atoms with van der Waals surface area (Å²) in [5.74, 6) is -0.243. The van der Waals surface area contributed by atoms with Crippen LogP contribution in [0.3, 0.4) is 0 Å². The molecule has 1 aromatic heterocycles. The van der Waals surface area contributed by atoms with E-state index in [0.717, 1.165) is 43.7 Å². The van der Waals surface area contributed by atoms with E-state index >= 15 is 0 Å². The van der Waals surface area contributed by atoms with Crippen molar-refractivity contribution in [3.05, 3.63) is 17.0 Å². The van der Waals surface area contributed by atoms with Crippen LogP contribution in [0.1, 0.15) is 35.1 Å². The van der Waals surface area contributed by atoms with Gasteiger partial charge in [0.1, 0.15) is 0 Å². The van der Waals surface area contributed by atoms with Gasteiger partial charge in [0.05, 0.1) is 6.54 Å². The highest BCUT2D eigenvalue weighted by Gasteiger charge is 2.29. The number of hydrogen-bond donors (Lipinski definition) is 2. The Balaban J connectivity index is 1.78. The van der Waals surface area contributed by atoms with Crippen molar-refractivity contribution in [3.8, 4) is 0 Å². The average Bonchev–Trinajstić information content (AvgIpc) is 2.90. The Labute approximate surface area is 123 Å². The van der Waals surface area contributed by atoms with E-state index in [1.54, 1.807) is 4.90 Å². The number of carbonyl (C=O) groups is 2. The number of carbonyl (C=O) groups excluding carboxylic acids is 2. The van der Waals surface area contributed by atoms with Crippen LogP contribution in [0.5, 0.6) is 0 Å². The van der Waals surface area contributed by atoms with E-state index in [1.165, 1.54) is 0 Å². The molecule has 0 spiro atoms. The molecule has 0 atom stereocenters. The second kappa shape index (κ2) is 5.85. The molecule has 0 aliphatic carbocycles. The van der Waals surface area contributed by atoms with Crippen molar-refractivity contribution in [2.45, 2.75) is 26.3 Å². The van der Waals surface area contributed by atoms with Crippen LogP contribution in [-0.2, 0) is 17.8 Å². The molecule has 0 unspecified atom stereocenters. The van der Waals surface area contributed by atoms with E-state index in [0.29, 0.717) is 18.8 Å². The van der Waals surface area contributed by atoms with Gasteiger partial charge < -0.3 is 10.2 Å². The van der Waals surface area contributed by atoms with E-state index in [9.17, 15) is 9.59 Å². The summed E-state index contributed by atoms with van der Waals surface area (Å²) in [6, 6.07) is 0. The Bertz CT molecular complexity index is 554. The number of aromatic amines is 1. The summed E-state index contributed by atoms with van der Waals surface area (Å²) < 4.78 is 0. The van der Waals surface area contributed by atoms with Gasteiger partial charge in [-0.05, 0) is 13.0 Å². The molecule has 0 aromatic carbocycles. The summed E-state index contributed by atoms with van der Waals surface area (Å²) in [5.41, 5.74) is 2.55. The van der Waals surface area contributed by atoms with Crippen molar-refractivity contribution >= 4 is 11.8 Å². The highest BCUT2D eigenvalue weighted by atomic mass is 16.2. The van der Waals surface area contributed by atoms with Crippen molar-refractivity contribution in [2.24, 2.45) is 0 Å². The molecule has 1 saturated heterocycles. The minimum atomic E-state index is -0.138. The Kier molecular flexibility index (Phi) is 3.92. The molecule has 3 rings (SSSR count). The lowest BCUT2D eigenvalue weighted by atomic mass is 10.0. The lowest BCUT2D eigenvalue weighted by molar-refractivity contribution is -0.123. The number of H-pyrrole nitrogens is 1. The number of amides is 2. The SMILES string of the molecule is CCCN1CCc2[nH]nc(C(=O)N3CCNC(=O)C3)c2C1. The van der Waals surface area contributed by atoms with Crippen molar-refractivity contribution in [1.29, 1.82) is 0 Å². The van der Waals surface area contributed by atoms with Gasteiger partial charge in [-0.15, -0.1) is 0 Å². The van der Waals surface area contributed by atoms with Gasteiger partial charge in [-0.2, -0.15) is 5.10 Å². The van der Waals surface area contributed by atoms with Crippen molar-refractivity contribution < 1.29 is 9.59 Å². The Hall–Kier alpha value is -1.89. The van der Waals surface area contributed by atoms with Gasteiger partial charge in [-0.1, -0.05) is 6.92 Å². The smallest absolute Gasteiger partial charge is 0.275 e. The molecule has 7 nitrogen and oxygen atoms in total. The van der Waals surface area contributed by atoms with E-state index < -0.39 is 0 Å². The molecule has 2 aliphatic heterocycles. The molecule has 0 radical (unpaired) electrons. The summed E-state index contributed by atoms with van der Waals surface area (Å²) in [6.45, 7) is 6.14. The van der Waals surface area contributed by atoms with Crippen LogP contribution in [-0.4, -0.2) is 64.5 Å². The maximum atomic E-state index is 12.6. The standard InChI is InChI=1S/C14H21N5O2/c1-2-5-18-6-3-11-10(8-18)13(17-16-11)14(21)19-7-4-15-12(20)9-19/h2-9H2,1H3,(H,15,20)(H,16,17). The van der Waals surface area contributed by atoms with E-state index in [-0.39, 0.29) is 18.4 Å². The van der Waals surface area contributed by atoms with Crippen LogP contribution < -0.4 is 5.32 Å². The maximum Gasteiger partial charge on any atom is 0.275 e. The molecular formula is C14H21N5O2. The molecule has 21 heavy (non-hydrogen) atoms. The molecule has 2 aliphatic rings. The highest BCUT2D eigenvalue weighted by molar-refractivity contribution is 5.96. The third kappa shape index (κ3) is 2.78. The fraction of sp³-hybridized carbons (Fsp3) is 0.643. The van der Waals surface area contributed by atoms with Gasteiger partial charge in [0.2, 0.25) is 5.91 Å². The number of aromatic nitrogens is 2. The van der Waals surface area contributed by atoms with E-state index in [4.69, 9.17) is 0 Å². The second-order valence-electron chi connectivity index (χ2n) is 5.63. The van der Waals surface area contributed by atoms with Gasteiger partial charge in [0, 0.05) is 43.9 Å². The van der Waals surface area contributed by atoms with Crippen LogP contribution in [0.4, 0.5) is 0 Å². The van der Waals surface area contributed by atoms with Crippen LogP contribution >= 0.6 is 0 Å². The molecular weight excluding hydrogens is 270 g/mol. The largest absolute Gasteiger partial charge is 0.353 e. The van der Waals surface area contributed by atoms with Gasteiger partial charge in [0.15, 0.2) is 5.69 Å². The fourth-order valence-corrected chi connectivity index (χ4v) is 3.00. The molecule has 114 valence electrons. The zero-order valence-electron chi connectivity index (χ0n) is 12.3. The molecule has 0 bridgehead atoms. The van der Waals surface area contributed by atoms with Crippen molar-refractivity contribution in [2.75, 3.05) is 32.7 Å². The minimum Gasteiger partial charge on any atom is -0.353 e.